The van der Waals surface area contributed by atoms with Crippen LogP contribution in [0.3, 0.4) is 0 Å². The van der Waals surface area contributed by atoms with Crippen molar-refractivity contribution in [3.8, 4) is 0 Å². The summed E-state index contributed by atoms with van der Waals surface area (Å²) < 4.78 is 5.73. The summed E-state index contributed by atoms with van der Waals surface area (Å²) in [4.78, 5) is 33.3. The summed E-state index contributed by atoms with van der Waals surface area (Å²) >= 11 is 2.85. The van der Waals surface area contributed by atoms with Crippen LogP contribution in [-0.2, 0) is 10.5 Å². The Balaban J connectivity index is 1.36. The summed E-state index contributed by atoms with van der Waals surface area (Å²) in [6.07, 6.45) is 2.50. The van der Waals surface area contributed by atoms with Gasteiger partial charge in [0.25, 0.3) is 11.1 Å². The van der Waals surface area contributed by atoms with Crippen molar-refractivity contribution in [1.29, 1.82) is 0 Å². The zero-order valence-electron chi connectivity index (χ0n) is 15.4. The van der Waals surface area contributed by atoms with Gasteiger partial charge in [0.05, 0.1) is 5.75 Å². The Labute approximate surface area is 170 Å². The third-order valence-corrected chi connectivity index (χ3v) is 6.34. The minimum atomic E-state index is -0.488. The van der Waals surface area contributed by atoms with Crippen LogP contribution in [-0.4, -0.2) is 34.4 Å². The summed E-state index contributed by atoms with van der Waals surface area (Å²) in [7, 11) is 0. The largest absolute Gasteiger partial charge is 0.431 e. The van der Waals surface area contributed by atoms with Crippen molar-refractivity contribution in [2.24, 2.45) is 0 Å². The highest BCUT2D eigenvalue weighted by molar-refractivity contribution is 7.98. The van der Waals surface area contributed by atoms with Crippen LogP contribution in [0.15, 0.2) is 33.2 Å². The number of thiazole rings is 1. The quantitative estimate of drug-likeness (QED) is 0.620. The first-order valence-electron chi connectivity index (χ1n) is 9.11. The lowest BCUT2D eigenvalue weighted by Gasteiger charge is -2.14. The van der Waals surface area contributed by atoms with Gasteiger partial charge in [-0.25, -0.2) is 9.97 Å². The van der Waals surface area contributed by atoms with Crippen LogP contribution < -0.4 is 10.6 Å². The number of benzene rings is 1. The Bertz CT molecular complexity index is 1010. The highest BCUT2D eigenvalue weighted by Gasteiger charge is 2.24. The fraction of sp³-hybridized carbons (Fsp3) is 0.368. The van der Waals surface area contributed by atoms with Crippen LogP contribution >= 0.6 is 23.1 Å². The summed E-state index contributed by atoms with van der Waals surface area (Å²) in [5, 5.41) is 8.71. The van der Waals surface area contributed by atoms with E-state index in [1.54, 1.807) is 5.38 Å². The van der Waals surface area contributed by atoms with Crippen molar-refractivity contribution < 1.29 is 14.0 Å². The number of nitrogens with zero attached hydrogens (tertiary/aromatic N) is 2. The second-order valence-corrected chi connectivity index (χ2v) is 8.55. The zero-order chi connectivity index (χ0) is 19.5. The number of oxazole rings is 1. The molecule has 0 radical (unpaired) electrons. The van der Waals surface area contributed by atoms with Gasteiger partial charge >= 0.3 is 0 Å². The van der Waals surface area contributed by atoms with E-state index in [1.807, 2.05) is 25.1 Å². The molecule has 2 aromatic heterocycles. The van der Waals surface area contributed by atoms with Gasteiger partial charge in [-0.2, -0.15) is 0 Å². The van der Waals surface area contributed by atoms with E-state index < -0.39 is 6.04 Å². The lowest BCUT2D eigenvalue weighted by molar-refractivity contribution is -0.122. The number of carbonyl (C=O) groups excluding carboxylic acids is 2. The maximum Gasteiger partial charge on any atom is 0.271 e. The van der Waals surface area contributed by atoms with Crippen LogP contribution in [0.25, 0.3) is 11.1 Å². The number of fused-ring (bicyclic) bond motifs is 1. The lowest BCUT2D eigenvalue weighted by Crippen LogP contribution is -2.45. The number of hydrogen-bond donors (Lipinski definition) is 2. The third-order valence-electron chi connectivity index (χ3n) is 4.47. The predicted molar refractivity (Wildman–Crippen MR) is 109 cm³/mol. The average Bonchev–Trinajstić information content (AvgIpc) is 3.26. The number of rotatable bonds is 5. The molecule has 1 fully saturated rings. The smallest absolute Gasteiger partial charge is 0.271 e. The minimum Gasteiger partial charge on any atom is -0.431 e. The number of aromatic nitrogens is 2. The Morgan fingerprint density at radius 3 is 3.18 bits per heavy atom. The van der Waals surface area contributed by atoms with Crippen molar-refractivity contribution in [2.45, 2.75) is 43.2 Å². The minimum absolute atomic E-state index is 0.122. The van der Waals surface area contributed by atoms with Crippen LogP contribution in [0.1, 0.15) is 40.3 Å². The number of aryl methyl sites for hydroxylation is 1. The highest BCUT2D eigenvalue weighted by atomic mass is 32.2. The number of hydrogen-bond acceptors (Lipinski definition) is 7. The monoisotopic (exact) mass is 416 g/mol. The first-order chi connectivity index (χ1) is 13.6. The molecular formula is C19H20N4O3S2. The maximum absolute atomic E-state index is 12.4. The summed E-state index contributed by atoms with van der Waals surface area (Å²) in [6, 6.07) is 5.40. The molecule has 1 atom stereocenters. The van der Waals surface area contributed by atoms with Gasteiger partial charge in [0.15, 0.2) is 5.58 Å². The SMILES string of the molecule is Cc1ccc2oc(SCc3nc(C(=O)NC4CCCCNC4=O)cs3)nc2c1. The lowest BCUT2D eigenvalue weighted by atomic mass is 10.1. The molecule has 0 bridgehead atoms. The molecule has 2 amide bonds. The normalized spacial score (nSPS) is 17.3. The standard InChI is InChI=1S/C19H20N4O3S2/c1-11-5-6-15-13(8-11)23-19(26-15)28-10-16-21-14(9-27-16)18(25)22-12-4-2-3-7-20-17(12)24/h5-6,8-9,12H,2-4,7,10H2,1H3,(H,20,24)(H,22,25). The van der Waals surface area contributed by atoms with Crippen molar-refractivity contribution in [3.05, 3.63) is 39.8 Å². The molecule has 9 heteroatoms. The van der Waals surface area contributed by atoms with Gasteiger partial charge in [-0.1, -0.05) is 17.8 Å². The number of nitrogens with one attached hydrogen (secondary N) is 2. The van der Waals surface area contributed by atoms with Gasteiger partial charge in [0, 0.05) is 11.9 Å². The molecule has 1 aliphatic heterocycles. The second-order valence-electron chi connectivity index (χ2n) is 6.68. The highest BCUT2D eigenvalue weighted by Crippen LogP contribution is 2.27. The molecule has 1 saturated heterocycles. The van der Waals surface area contributed by atoms with E-state index in [1.165, 1.54) is 23.1 Å². The first-order valence-corrected chi connectivity index (χ1v) is 11.0. The molecule has 0 saturated carbocycles. The molecule has 4 rings (SSSR count). The third kappa shape index (κ3) is 4.36. The van der Waals surface area contributed by atoms with E-state index in [2.05, 4.69) is 20.6 Å². The van der Waals surface area contributed by atoms with Crippen LogP contribution in [0.5, 0.6) is 0 Å². The Morgan fingerprint density at radius 1 is 1.39 bits per heavy atom. The van der Waals surface area contributed by atoms with Gasteiger partial charge in [-0.3, -0.25) is 9.59 Å². The predicted octanol–water partition coefficient (Wildman–Crippen LogP) is 3.28. The van der Waals surface area contributed by atoms with E-state index in [0.29, 0.717) is 29.6 Å². The van der Waals surface area contributed by atoms with Crippen LogP contribution in [0.4, 0.5) is 0 Å². The summed E-state index contributed by atoms with van der Waals surface area (Å²) in [5.74, 6) is 0.128. The van der Waals surface area contributed by atoms with Gasteiger partial charge in [-0.05, 0) is 43.9 Å². The van der Waals surface area contributed by atoms with Gasteiger partial charge < -0.3 is 15.1 Å². The van der Waals surface area contributed by atoms with E-state index in [9.17, 15) is 9.59 Å². The topological polar surface area (TPSA) is 97.1 Å². The Morgan fingerprint density at radius 2 is 2.29 bits per heavy atom. The van der Waals surface area contributed by atoms with Gasteiger partial charge in [-0.15, -0.1) is 11.3 Å². The maximum atomic E-state index is 12.4. The summed E-state index contributed by atoms with van der Waals surface area (Å²) in [5.41, 5.74) is 3.07. The van der Waals surface area contributed by atoms with Crippen LogP contribution in [0, 0.1) is 6.92 Å². The van der Waals surface area contributed by atoms with Crippen molar-refractivity contribution >= 4 is 46.0 Å². The molecule has 1 unspecified atom stereocenters. The van der Waals surface area contributed by atoms with Crippen molar-refractivity contribution in [2.75, 3.05) is 6.54 Å². The fourth-order valence-corrected chi connectivity index (χ4v) is 4.62. The fourth-order valence-electron chi connectivity index (χ4n) is 2.99. The molecule has 2 N–H and O–H groups in total. The van der Waals surface area contributed by atoms with E-state index in [0.717, 1.165) is 34.5 Å². The first kappa shape index (κ1) is 18.9. The molecule has 3 heterocycles. The molecule has 7 nitrogen and oxygen atoms in total. The molecule has 1 aromatic carbocycles. The van der Waals surface area contributed by atoms with E-state index in [-0.39, 0.29) is 11.8 Å². The average molecular weight is 417 g/mol. The van der Waals surface area contributed by atoms with E-state index in [4.69, 9.17) is 4.42 Å². The van der Waals surface area contributed by atoms with Gasteiger partial charge in [0.2, 0.25) is 5.91 Å². The molecule has 28 heavy (non-hydrogen) atoms. The van der Waals surface area contributed by atoms with Gasteiger partial charge in [0.1, 0.15) is 22.3 Å². The summed E-state index contributed by atoms with van der Waals surface area (Å²) in [6.45, 7) is 2.68. The molecule has 3 aromatic rings. The molecular weight excluding hydrogens is 396 g/mol. The zero-order valence-corrected chi connectivity index (χ0v) is 17.0. The number of carbonyl (C=O) groups is 2. The number of thioether (sulfide) groups is 1. The second kappa shape index (κ2) is 8.32. The molecule has 1 aliphatic rings. The molecule has 0 spiro atoms. The van der Waals surface area contributed by atoms with Crippen molar-refractivity contribution in [3.63, 3.8) is 0 Å². The Kier molecular flexibility index (Phi) is 5.63. The van der Waals surface area contributed by atoms with Crippen LogP contribution in [0.2, 0.25) is 0 Å². The van der Waals surface area contributed by atoms with Crippen molar-refractivity contribution in [1.82, 2.24) is 20.6 Å². The van der Waals surface area contributed by atoms with E-state index >= 15 is 0 Å². The number of amides is 2. The molecule has 0 aliphatic carbocycles. The molecule has 146 valence electrons. The Hall–Kier alpha value is -2.39.